The monoisotopic (exact) mass is 204 g/mol. The molecule has 3 nitrogen and oxygen atoms in total. The van der Waals surface area contributed by atoms with E-state index in [2.05, 4.69) is 0 Å². The molecule has 0 spiro atoms. The number of aliphatic carboxylic acids is 1. The molecule has 1 atom stereocenters. The van der Waals surface area contributed by atoms with Gasteiger partial charge >= 0.3 is 5.97 Å². The fourth-order valence-corrected chi connectivity index (χ4v) is 1.82. The summed E-state index contributed by atoms with van der Waals surface area (Å²) in [6.07, 6.45) is 2.15. The number of hydrogen-bond donors (Lipinski definition) is 1. The number of fused-ring (bicyclic) bond motifs is 1. The van der Waals surface area contributed by atoms with E-state index in [1.54, 1.807) is 6.26 Å². The minimum atomic E-state index is -0.804. The summed E-state index contributed by atoms with van der Waals surface area (Å²) in [5.41, 5.74) is 1.44. The normalized spacial score (nSPS) is 12.9. The quantitative estimate of drug-likeness (QED) is 0.836. The number of para-hydroxylation sites is 1. The van der Waals surface area contributed by atoms with E-state index in [1.807, 2.05) is 31.2 Å². The highest BCUT2D eigenvalue weighted by Crippen LogP contribution is 2.28. The van der Waals surface area contributed by atoms with Crippen molar-refractivity contribution in [2.45, 2.75) is 19.3 Å². The summed E-state index contributed by atoms with van der Waals surface area (Å²) in [5, 5.41) is 10.0. The smallest absolute Gasteiger partial charge is 0.311 e. The van der Waals surface area contributed by atoms with E-state index in [0.717, 1.165) is 10.9 Å². The van der Waals surface area contributed by atoms with E-state index in [-0.39, 0.29) is 0 Å². The molecule has 0 amide bonds. The van der Waals surface area contributed by atoms with Crippen LogP contribution >= 0.6 is 0 Å². The number of carbonyl (C=O) groups is 1. The summed E-state index contributed by atoms with van der Waals surface area (Å²) >= 11 is 0. The van der Waals surface area contributed by atoms with Gasteiger partial charge in [-0.1, -0.05) is 25.1 Å². The Hall–Kier alpha value is -1.77. The lowest BCUT2D eigenvalue weighted by molar-refractivity contribution is -0.138. The van der Waals surface area contributed by atoms with Crippen molar-refractivity contribution < 1.29 is 14.3 Å². The maximum atomic E-state index is 11.1. The molecule has 0 saturated heterocycles. The van der Waals surface area contributed by atoms with Gasteiger partial charge in [0.2, 0.25) is 0 Å². The summed E-state index contributed by atoms with van der Waals surface area (Å²) in [5.74, 6) is -1.29. The number of hydrogen-bond acceptors (Lipinski definition) is 2. The molecule has 0 aliphatic rings. The molecule has 0 fully saturated rings. The highest BCUT2D eigenvalue weighted by atomic mass is 16.4. The van der Waals surface area contributed by atoms with Crippen LogP contribution in [-0.4, -0.2) is 11.1 Å². The van der Waals surface area contributed by atoms with Crippen LogP contribution in [0.3, 0.4) is 0 Å². The topological polar surface area (TPSA) is 50.4 Å². The molecule has 3 heteroatoms. The number of furan rings is 1. The fourth-order valence-electron chi connectivity index (χ4n) is 1.82. The van der Waals surface area contributed by atoms with Crippen molar-refractivity contribution in [3.8, 4) is 0 Å². The SMILES string of the molecule is CCC(C(=O)O)c1cccc2ccoc12. The van der Waals surface area contributed by atoms with Gasteiger partial charge in [0, 0.05) is 10.9 Å². The van der Waals surface area contributed by atoms with Crippen molar-refractivity contribution in [3.63, 3.8) is 0 Å². The fraction of sp³-hybridized carbons (Fsp3) is 0.250. The molecule has 0 aliphatic carbocycles. The Morgan fingerprint density at radius 1 is 1.47 bits per heavy atom. The van der Waals surface area contributed by atoms with Gasteiger partial charge in [-0.05, 0) is 12.5 Å². The maximum absolute atomic E-state index is 11.1. The molecule has 78 valence electrons. The molecule has 1 unspecified atom stereocenters. The number of carboxylic acid groups (broad SMARTS) is 1. The summed E-state index contributed by atoms with van der Waals surface area (Å²) in [4.78, 5) is 11.1. The second kappa shape index (κ2) is 3.77. The highest BCUT2D eigenvalue weighted by Gasteiger charge is 2.20. The number of carboxylic acids is 1. The molecule has 0 aliphatic heterocycles. The average Bonchev–Trinajstić information content (AvgIpc) is 2.66. The van der Waals surface area contributed by atoms with Crippen LogP contribution in [0.4, 0.5) is 0 Å². The van der Waals surface area contributed by atoms with E-state index < -0.39 is 11.9 Å². The Kier molecular flexibility index (Phi) is 2.46. The van der Waals surface area contributed by atoms with E-state index in [1.165, 1.54) is 0 Å². The lowest BCUT2D eigenvalue weighted by Gasteiger charge is -2.09. The van der Waals surface area contributed by atoms with E-state index in [4.69, 9.17) is 9.52 Å². The first-order valence-electron chi connectivity index (χ1n) is 4.93. The van der Waals surface area contributed by atoms with E-state index in [9.17, 15) is 4.79 Å². The third kappa shape index (κ3) is 1.61. The number of rotatable bonds is 3. The standard InChI is InChI=1S/C12H12O3/c1-2-9(12(13)14)10-5-3-4-8-6-7-15-11(8)10/h3-7,9H,2H2,1H3,(H,13,14). The average molecular weight is 204 g/mol. The van der Waals surface area contributed by atoms with Crippen LogP contribution in [0.2, 0.25) is 0 Å². The van der Waals surface area contributed by atoms with Gasteiger partial charge in [0.25, 0.3) is 0 Å². The van der Waals surface area contributed by atoms with Crippen molar-refractivity contribution in [2.75, 3.05) is 0 Å². The van der Waals surface area contributed by atoms with Crippen LogP contribution < -0.4 is 0 Å². The molecule has 1 heterocycles. The molecule has 2 rings (SSSR count). The van der Waals surface area contributed by atoms with Crippen molar-refractivity contribution in [2.24, 2.45) is 0 Å². The van der Waals surface area contributed by atoms with Gasteiger partial charge in [0.15, 0.2) is 0 Å². The van der Waals surface area contributed by atoms with Crippen LogP contribution in [0.5, 0.6) is 0 Å². The van der Waals surface area contributed by atoms with Gasteiger partial charge in [-0.3, -0.25) is 4.79 Å². The first kappa shape index (κ1) is 9.77. The van der Waals surface area contributed by atoms with Gasteiger partial charge in [-0.15, -0.1) is 0 Å². The van der Waals surface area contributed by atoms with E-state index in [0.29, 0.717) is 12.0 Å². The minimum absolute atomic E-state index is 0.486. The van der Waals surface area contributed by atoms with Gasteiger partial charge in [-0.2, -0.15) is 0 Å². The molecule has 0 saturated carbocycles. The second-order valence-electron chi connectivity index (χ2n) is 3.49. The molecule has 1 aromatic carbocycles. The zero-order valence-corrected chi connectivity index (χ0v) is 8.43. The van der Waals surface area contributed by atoms with Gasteiger partial charge < -0.3 is 9.52 Å². The van der Waals surface area contributed by atoms with Crippen LogP contribution in [0.15, 0.2) is 34.9 Å². The Morgan fingerprint density at radius 3 is 2.93 bits per heavy atom. The highest BCUT2D eigenvalue weighted by molar-refractivity contribution is 5.86. The molecular formula is C12H12O3. The summed E-state index contributed by atoms with van der Waals surface area (Å²) < 4.78 is 5.32. The molecule has 0 radical (unpaired) electrons. The Balaban J connectivity index is 2.59. The first-order chi connectivity index (χ1) is 7.24. The Bertz CT molecular complexity index is 484. The third-order valence-corrected chi connectivity index (χ3v) is 2.59. The van der Waals surface area contributed by atoms with Crippen LogP contribution in [0.25, 0.3) is 11.0 Å². The molecular weight excluding hydrogens is 192 g/mol. The first-order valence-corrected chi connectivity index (χ1v) is 4.93. The van der Waals surface area contributed by atoms with Crippen LogP contribution in [-0.2, 0) is 4.79 Å². The lowest BCUT2D eigenvalue weighted by Crippen LogP contribution is -2.10. The molecule has 0 bridgehead atoms. The minimum Gasteiger partial charge on any atom is -0.481 e. The zero-order valence-electron chi connectivity index (χ0n) is 8.43. The molecule has 2 aromatic rings. The third-order valence-electron chi connectivity index (χ3n) is 2.59. The van der Waals surface area contributed by atoms with Gasteiger partial charge in [0.05, 0.1) is 12.2 Å². The van der Waals surface area contributed by atoms with Gasteiger partial charge in [0.1, 0.15) is 5.58 Å². The van der Waals surface area contributed by atoms with Crippen LogP contribution in [0.1, 0.15) is 24.8 Å². The largest absolute Gasteiger partial charge is 0.481 e. The molecule has 1 N–H and O–H groups in total. The predicted molar refractivity (Wildman–Crippen MR) is 56.9 cm³/mol. The van der Waals surface area contributed by atoms with Crippen molar-refractivity contribution in [1.82, 2.24) is 0 Å². The van der Waals surface area contributed by atoms with Crippen molar-refractivity contribution in [1.29, 1.82) is 0 Å². The predicted octanol–water partition coefficient (Wildman–Crippen LogP) is 3.01. The van der Waals surface area contributed by atoms with Gasteiger partial charge in [-0.25, -0.2) is 0 Å². The van der Waals surface area contributed by atoms with Crippen molar-refractivity contribution in [3.05, 3.63) is 36.1 Å². The van der Waals surface area contributed by atoms with Crippen molar-refractivity contribution >= 4 is 16.9 Å². The molecule has 1 aromatic heterocycles. The Morgan fingerprint density at radius 2 is 2.27 bits per heavy atom. The maximum Gasteiger partial charge on any atom is 0.311 e. The van der Waals surface area contributed by atoms with E-state index >= 15 is 0 Å². The summed E-state index contributed by atoms with van der Waals surface area (Å²) in [6, 6.07) is 7.43. The summed E-state index contributed by atoms with van der Waals surface area (Å²) in [7, 11) is 0. The second-order valence-corrected chi connectivity index (χ2v) is 3.49. The number of benzene rings is 1. The molecule has 15 heavy (non-hydrogen) atoms. The van der Waals surface area contributed by atoms with Crippen LogP contribution in [0, 0.1) is 0 Å². The Labute approximate surface area is 87.3 Å². The lowest BCUT2D eigenvalue weighted by atomic mass is 9.95. The summed E-state index contributed by atoms with van der Waals surface area (Å²) in [6.45, 7) is 1.86. The zero-order chi connectivity index (χ0) is 10.8.